The van der Waals surface area contributed by atoms with Crippen LogP contribution in [0.15, 0.2) is 48.8 Å². The van der Waals surface area contributed by atoms with Crippen molar-refractivity contribution in [2.45, 2.75) is 32.1 Å². The van der Waals surface area contributed by atoms with Gasteiger partial charge in [-0.1, -0.05) is 12.1 Å². The Hall–Kier alpha value is -2.86. The van der Waals surface area contributed by atoms with Gasteiger partial charge in [0.05, 0.1) is 6.61 Å². The molecule has 2 N–H and O–H groups in total. The maximum atomic E-state index is 12.3. The lowest BCUT2D eigenvalue weighted by atomic mass is 10.2. The highest BCUT2D eigenvalue weighted by Gasteiger charge is 2.15. The first-order valence-electron chi connectivity index (χ1n) is 8.86. The highest BCUT2D eigenvalue weighted by Crippen LogP contribution is 2.20. The van der Waals surface area contributed by atoms with Crippen LogP contribution in [0.3, 0.4) is 0 Å². The van der Waals surface area contributed by atoms with Crippen LogP contribution in [-0.4, -0.2) is 28.8 Å². The summed E-state index contributed by atoms with van der Waals surface area (Å²) in [6.45, 7) is 1.21. The molecule has 1 amide bonds. The molecule has 134 valence electrons. The molecule has 2 aromatic heterocycles. The monoisotopic (exact) mass is 351 g/mol. The minimum absolute atomic E-state index is 0.142. The van der Waals surface area contributed by atoms with E-state index in [-0.39, 0.29) is 12.2 Å². The largest absolute Gasteiger partial charge is 0.465 e. The van der Waals surface area contributed by atoms with Crippen molar-refractivity contribution < 1.29 is 14.3 Å². The molecule has 3 aromatic rings. The zero-order valence-corrected chi connectivity index (χ0v) is 14.4. The number of hydrogen-bond acceptors (Lipinski definition) is 4. The molecule has 3 heterocycles. The quantitative estimate of drug-likeness (QED) is 0.739. The Kier molecular flexibility index (Phi) is 4.84. The molecule has 1 saturated heterocycles. The van der Waals surface area contributed by atoms with Crippen LogP contribution in [0.4, 0.5) is 0 Å². The van der Waals surface area contributed by atoms with Crippen molar-refractivity contribution >= 4 is 16.8 Å². The third kappa shape index (κ3) is 3.86. The number of nitrogens with one attached hydrogen (secondary N) is 2. The summed E-state index contributed by atoms with van der Waals surface area (Å²) >= 11 is 0. The highest BCUT2D eigenvalue weighted by molar-refractivity contribution is 5.97. The van der Waals surface area contributed by atoms with Gasteiger partial charge in [0.15, 0.2) is 6.29 Å². The number of nitrogens with zero attached hydrogens (tertiary/aromatic N) is 1. The Bertz CT molecular complexity index is 850. The molecule has 1 aliphatic rings. The summed E-state index contributed by atoms with van der Waals surface area (Å²) < 4.78 is 11.4. The van der Waals surface area contributed by atoms with Gasteiger partial charge in [0.2, 0.25) is 0 Å². The summed E-state index contributed by atoms with van der Waals surface area (Å²) in [5.41, 5.74) is 2.44. The van der Waals surface area contributed by atoms with Gasteiger partial charge < -0.3 is 19.8 Å². The average Bonchev–Trinajstić information content (AvgIpc) is 3.12. The van der Waals surface area contributed by atoms with Gasteiger partial charge in [-0.3, -0.25) is 9.78 Å². The molecule has 1 aliphatic heterocycles. The summed E-state index contributed by atoms with van der Waals surface area (Å²) in [5, 5.41) is 3.84. The van der Waals surface area contributed by atoms with Gasteiger partial charge >= 0.3 is 0 Å². The average molecular weight is 351 g/mol. The van der Waals surface area contributed by atoms with E-state index in [1.807, 2.05) is 30.3 Å². The van der Waals surface area contributed by atoms with Gasteiger partial charge in [0.25, 0.3) is 5.91 Å². The van der Waals surface area contributed by atoms with Gasteiger partial charge in [0.1, 0.15) is 11.4 Å². The Morgan fingerprint density at radius 1 is 1.27 bits per heavy atom. The Labute approximate surface area is 151 Å². The fourth-order valence-corrected chi connectivity index (χ4v) is 3.01. The van der Waals surface area contributed by atoms with Crippen LogP contribution in [0.25, 0.3) is 10.9 Å². The second-order valence-electron chi connectivity index (χ2n) is 6.39. The molecule has 0 aliphatic carbocycles. The lowest BCUT2D eigenvalue weighted by Crippen LogP contribution is -2.25. The van der Waals surface area contributed by atoms with E-state index in [1.165, 1.54) is 0 Å². The minimum Gasteiger partial charge on any atom is -0.465 e. The van der Waals surface area contributed by atoms with Crippen molar-refractivity contribution in [3.63, 3.8) is 0 Å². The van der Waals surface area contributed by atoms with Crippen molar-refractivity contribution in [3.05, 3.63) is 60.0 Å². The molecule has 0 radical (unpaired) electrons. The summed E-state index contributed by atoms with van der Waals surface area (Å²) in [6.07, 6.45) is 6.45. The van der Waals surface area contributed by atoms with Crippen LogP contribution in [0.5, 0.6) is 5.75 Å². The lowest BCUT2D eigenvalue weighted by molar-refractivity contribution is -0.105. The Morgan fingerprint density at radius 2 is 2.15 bits per heavy atom. The summed E-state index contributed by atoms with van der Waals surface area (Å²) in [4.78, 5) is 19.5. The Morgan fingerprint density at radius 3 is 2.92 bits per heavy atom. The first-order valence-corrected chi connectivity index (χ1v) is 8.86. The molecule has 6 heteroatoms. The van der Waals surface area contributed by atoms with Gasteiger partial charge in [-0.05, 0) is 42.7 Å². The molecule has 1 atom stereocenters. The molecule has 6 nitrogen and oxygen atoms in total. The molecule has 26 heavy (non-hydrogen) atoms. The lowest BCUT2D eigenvalue weighted by Gasteiger charge is -2.23. The molecule has 4 rings (SSSR count). The summed E-state index contributed by atoms with van der Waals surface area (Å²) in [5.74, 6) is 0.646. The molecule has 1 aromatic carbocycles. The molecule has 0 spiro atoms. The van der Waals surface area contributed by atoms with Crippen LogP contribution in [0.2, 0.25) is 0 Å². The molecule has 0 saturated carbocycles. The fraction of sp³-hybridized carbons (Fsp3) is 0.300. The number of pyridine rings is 1. The number of benzene rings is 1. The van der Waals surface area contributed by atoms with Gasteiger partial charge in [-0.2, -0.15) is 0 Å². The second kappa shape index (κ2) is 7.58. The SMILES string of the molecule is O=C(NCc1ccc(OC2CCCCO2)cc1)c1cc2cnccc2[nH]1. The molecule has 0 bridgehead atoms. The second-order valence-corrected chi connectivity index (χ2v) is 6.39. The predicted octanol–water partition coefficient (Wildman–Crippen LogP) is 3.40. The smallest absolute Gasteiger partial charge is 0.267 e. The maximum absolute atomic E-state index is 12.3. The highest BCUT2D eigenvalue weighted by atomic mass is 16.7. The van der Waals surface area contributed by atoms with E-state index in [0.29, 0.717) is 12.2 Å². The van der Waals surface area contributed by atoms with Crippen LogP contribution >= 0.6 is 0 Å². The number of carbonyl (C=O) groups excluding carboxylic acids is 1. The number of rotatable bonds is 5. The normalized spacial score (nSPS) is 17.2. The van der Waals surface area contributed by atoms with Gasteiger partial charge in [-0.25, -0.2) is 0 Å². The van der Waals surface area contributed by atoms with E-state index >= 15 is 0 Å². The van der Waals surface area contributed by atoms with Gasteiger partial charge in [0, 0.05) is 36.3 Å². The number of amides is 1. The number of fused-ring (bicyclic) bond motifs is 1. The van der Waals surface area contributed by atoms with Crippen molar-refractivity contribution in [2.24, 2.45) is 0 Å². The van der Waals surface area contributed by atoms with Crippen LogP contribution in [-0.2, 0) is 11.3 Å². The number of carbonyl (C=O) groups is 1. The number of hydrogen-bond donors (Lipinski definition) is 2. The molecule has 1 fully saturated rings. The molecular formula is C20H21N3O3. The number of aromatic amines is 1. The number of H-pyrrole nitrogens is 1. The molecule has 1 unspecified atom stereocenters. The van der Waals surface area contributed by atoms with Crippen LogP contribution in [0, 0.1) is 0 Å². The minimum atomic E-state index is -0.147. The standard InChI is InChI=1S/C20H21N3O3/c24-20(18-11-15-13-21-9-8-17(15)23-18)22-12-14-4-6-16(7-5-14)26-19-3-1-2-10-25-19/h4-9,11,13,19,23H,1-3,10,12H2,(H,22,24). The van der Waals surface area contributed by atoms with E-state index in [4.69, 9.17) is 9.47 Å². The summed E-state index contributed by atoms with van der Waals surface area (Å²) in [6, 6.07) is 11.4. The third-order valence-corrected chi connectivity index (χ3v) is 4.45. The van der Waals surface area contributed by atoms with E-state index in [2.05, 4.69) is 15.3 Å². The number of aromatic nitrogens is 2. The van der Waals surface area contributed by atoms with Crippen molar-refractivity contribution in [2.75, 3.05) is 6.61 Å². The maximum Gasteiger partial charge on any atom is 0.267 e. The van der Waals surface area contributed by atoms with Crippen LogP contribution < -0.4 is 10.1 Å². The first kappa shape index (κ1) is 16.6. The van der Waals surface area contributed by atoms with Gasteiger partial charge in [-0.15, -0.1) is 0 Å². The first-order chi connectivity index (χ1) is 12.8. The van der Waals surface area contributed by atoms with Crippen molar-refractivity contribution in [1.82, 2.24) is 15.3 Å². The molecular weight excluding hydrogens is 330 g/mol. The van der Waals surface area contributed by atoms with Crippen molar-refractivity contribution in [3.8, 4) is 5.75 Å². The van der Waals surface area contributed by atoms with E-state index in [1.54, 1.807) is 18.5 Å². The van der Waals surface area contributed by atoms with Crippen LogP contribution in [0.1, 0.15) is 35.3 Å². The van der Waals surface area contributed by atoms with E-state index in [9.17, 15) is 4.79 Å². The van der Waals surface area contributed by atoms with E-state index in [0.717, 1.165) is 48.1 Å². The fourth-order valence-electron chi connectivity index (χ4n) is 3.01. The Balaban J connectivity index is 1.33. The van der Waals surface area contributed by atoms with E-state index < -0.39 is 0 Å². The van der Waals surface area contributed by atoms with Crippen molar-refractivity contribution in [1.29, 1.82) is 0 Å². The predicted molar refractivity (Wildman–Crippen MR) is 97.9 cm³/mol. The third-order valence-electron chi connectivity index (χ3n) is 4.45. The summed E-state index contributed by atoms with van der Waals surface area (Å²) in [7, 11) is 0. The zero-order chi connectivity index (χ0) is 17.8. The topological polar surface area (TPSA) is 76.2 Å². The zero-order valence-electron chi connectivity index (χ0n) is 14.4. The number of ether oxygens (including phenoxy) is 2.